The van der Waals surface area contributed by atoms with Gasteiger partial charge in [-0.3, -0.25) is 9.59 Å². The number of aromatic nitrogens is 1. The van der Waals surface area contributed by atoms with Crippen LogP contribution >= 0.6 is 0 Å². The third kappa shape index (κ3) is 3.98. The highest BCUT2D eigenvalue weighted by Crippen LogP contribution is 2.25. The van der Waals surface area contributed by atoms with Gasteiger partial charge in [-0.1, -0.05) is 50.6 Å². The molecule has 0 saturated carbocycles. The molecule has 2 rings (SSSR count). The Hall–Kier alpha value is -2.56. The van der Waals surface area contributed by atoms with Gasteiger partial charge in [-0.05, 0) is 38.3 Å². The van der Waals surface area contributed by atoms with Gasteiger partial charge in [0.05, 0.1) is 11.6 Å². The van der Waals surface area contributed by atoms with Crippen molar-refractivity contribution in [1.29, 1.82) is 0 Å². The minimum absolute atomic E-state index is 0.0109. The number of nitrogens with two attached hydrogens (primary N) is 1. The van der Waals surface area contributed by atoms with Crippen LogP contribution in [0.1, 0.15) is 60.5 Å². The van der Waals surface area contributed by atoms with E-state index in [4.69, 9.17) is 5.73 Å². The highest BCUT2D eigenvalue weighted by atomic mass is 16.2. The fraction of sp³-hybridized carbons (Fsp3) is 0.429. The number of carbonyl (C=O) groups excluding carboxylic acids is 2. The Morgan fingerprint density at radius 3 is 2.31 bits per heavy atom. The van der Waals surface area contributed by atoms with Crippen LogP contribution in [-0.2, 0) is 4.79 Å². The fourth-order valence-electron chi connectivity index (χ4n) is 3.43. The zero-order valence-electron chi connectivity index (χ0n) is 16.2. The Morgan fingerprint density at radius 2 is 1.77 bits per heavy atom. The lowest BCUT2D eigenvalue weighted by Crippen LogP contribution is -2.48. The summed E-state index contributed by atoms with van der Waals surface area (Å²) in [6, 6.07) is 11.5. The predicted octanol–water partition coefficient (Wildman–Crippen LogP) is 3.34. The number of nitrogens with zero attached hydrogens (tertiary/aromatic N) is 1. The van der Waals surface area contributed by atoms with Gasteiger partial charge in [0.1, 0.15) is 6.04 Å². The third-order valence-electron chi connectivity index (χ3n) is 5.20. The van der Waals surface area contributed by atoms with E-state index in [1.807, 2.05) is 52.0 Å². The lowest BCUT2D eigenvalue weighted by atomic mass is 9.98. The van der Waals surface area contributed by atoms with Gasteiger partial charge in [0, 0.05) is 11.4 Å². The van der Waals surface area contributed by atoms with Crippen LogP contribution in [0, 0.1) is 19.8 Å². The molecule has 0 saturated heterocycles. The molecule has 0 spiro atoms. The SMILES string of the molecule is CCC(C)C(NC(=O)c1cc(C)n(C(C)c2ccccc2)c1C)C(N)=O. The van der Waals surface area contributed by atoms with Gasteiger partial charge in [0.25, 0.3) is 5.91 Å². The second-order valence-electron chi connectivity index (χ2n) is 6.98. The molecule has 0 aliphatic rings. The van der Waals surface area contributed by atoms with E-state index in [2.05, 4.69) is 28.9 Å². The topological polar surface area (TPSA) is 77.1 Å². The molecule has 0 aliphatic carbocycles. The quantitative estimate of drug-likeness (QED) is 0.799. The summed E-state index contributed by atoms with van der Waals surface area (Å²) in [7, 11) is 0. The number of rotatable bonds is 7. The third-order valence-corrected chi connectivity index (χ3v) is 5.20. The van der Waals surface area contributed by atoms with Crippen LogP contribution in [0.3, 0.4) is 0 Å². The van der Waals surface area contributed by atoms with Crippen molar-refractivity contribution >= 4 is 11.8 Å². The highest BCUT2D eigenvalue weighted by molar-refractivity contribution is 5.98. The van der Waals surface area contributed by atoms with Crippen molar-refractivity contribution in [2.45, 2.75) is 53.1 Å². The molecule has 3 N–H and O–H groups in total. The summed E-state index contributed by atoms with van der Waals surface area (Å²) < 4.78 is 2.15. The highest BCUT2D eigenvalue weighted by Gasteiger charge is 2.26. The monoisotopic (exact) mass is 355 g/mol. The lowest BCUT2D eigenvalue weighted by Gasteiger charge is -2.22. The fourth-order valence-corrected chi connectivity index (χ4v) is 3.43. The molecule has 1 aromatic heterocycles. The molecule has 0 fully saturated rings. The summed E-state index contributed by atoms with van der Waals surface area (Å²) in [6.45, 7) is 9.92. The summed E-state index contributed by atoms with van der Waals surface area (Å²) in [4.78, 5) is 24.5. The van der Waals surface area contributed by atoms with Gasteiger partial charge in [-0.2, -0.15) is 0 Å². The van der Waals surface area contributed by atoms with Crippen LogP contribution in [-0.4, -0.2) is 22.4 Å². The molecular weight excluding hydrogens is 326 g/mol. The first kappa shape index (κ1) is 19.8. The Kier molecular flexibility index (Phi) is 6.24. The van der Waals surface area contributed by atoms with E-state index in [-0.39, 0.29) is 17.9 Å². The van der Waals surface area contributed by atoms with E-state index >= 15 is 0 Å². The molecule has 0 radical (unpaired) electrons. The molecule has 2 amide bonds. The first-order valence-corrected chi connectivity index (χ1v) is 9.11. The van der Waals surface area contributed by atoms with Gasteiger partial charge in [0.15, 0.2) is 0 Å². The van der Waals surface area contributed by atoms with E-state index < -0.39 is 11.9 Å². The van der Waals surface area contributed by atoms with E-state index in [1.165, 1.54) is 5.56 Å². The van der Waals surface area contributed by atoms with Gasteiger partial charge in [0.2, 0.25) is 5.91 Å². The Bertz CT molecular complexity index is 780. The first-order chi connectivity index (χ1) is 12.3. The molecule has 5 heteroatoms. The van der Waals surface area contributed by atoms with E-state index in [0.717, 1.165) is 17.8 Å². The number of aryl methyl sites for hydroxylation is 1. The molecule has 1 aromatic carbocycles. The van der Waals surface area contributed by atoms with Crippen molar-refractivity contribution in [3.05, 3.63) is 58.9 Å². The van der Waals surface area contributed by atoms with Crippen LogP contribution < -0.4 is 11.1 Å². The molecule has 3 unspecified atom stereocenters. The predicted molar refractivity (Wildman–Crippen MR) is 104 cm³/mol. The Labute approximate surface area is 155 Å². The van der Waals surface area contributed by atoms with Crippen molar-refractivity contribution in [3.63, 3.8) is 0 Å². The molecule has 0 aliphatic heterocycles. The van der Waals surface area contributed by atoms with E-state index in [1.54, 1.807) is 0 Å². The Morgan fingerprint density at radius 1 is 1.15 bits per heavy atom. The molecule has 2 aromatic rings. The summed E-state index contributed by atoms with van der Waals surface area (Å²) in [5.74, 6) is -0.768. The molecule has 140 valence electrons. The van der Waals surface area contributed by atoms with Gasteiger partial charge >= 0.3 is 0 Å². The maximum Gasteiger partial charge on any atom is 0.253 e. The smallest absolute Gasteiger partial charge is 0.253 e. The molecule has 26 heavy (non-hydrogen) atoms. The number of carbonyl (C=O) groups is 2. The molecule has 5 nitrogen and oxygen atoms in total. The number of primary amides is 1. The molecule has 0 bridgehead atoms. The van der Waals surface area contributed by atoms with Crippen molar-refractivity contribution in [2.75, 3.05) is 0 Å². The van der Waals surface area contributed by atoms with Crippen LogP contribution in [0.25, 0.3) is 0 Å². The largest absolute Gasteiger partial charge is 0.368 e. The number of hydrogen-bond donors (Lipinski definition) is 2. The van der Waals surface area contributed by atoms with Crippen molar-refractivity contribution < 1.29 is 9.59 Å². The van der Waals surface area contributed by atoms with Crippen molar-refractivity contribution in [1.82, 2.24) is 9.88 Å². The van der Waals surface area contributed by atoms with Gasteiger partial charge in [-0.25, -0.2) is 0 Å². The molecular formula is C21H29N3O2. The van der Waals surface area contributed by atoms with Crippen LogP contribution in [0.4, 0.5) is 0 Å². The lowest BCUT2D eigenvalue weighted by molar-refractivity contribution is -0.120. The minimum atomic E-state index is -0.665. The maximum absolute atomic E-state index is 12.8. The second-order valence-corrected chi connectivity index (χ2v) is 6.98. The Balaban J connectivity index is 2.31. The summed E-state index contributed by atoms with van der Waals surface area (Å²) in [6.07, 6.45) is 0.762. The molecule has 3 atom stereocenters. The minimum Gasteiger partial charge on any atom is -0.368 e. The van der Waals surface area contributed by atoms with Gasteiger partial charge in [-0.15, -0.1) is 0 Å². The van der Waals surface area contributed by atoms with Crippen LogP contribution in [0.2, 0.25) is 0 Å². The summed E-state index contributed by atoms with van der Waals surface area (Å²) in [5, 5.41) is 2.82. The molecule has 1 heterocycles. The number of nitrogens with one attached hydrogen (secondary N) is 1. The zero-order chi connectivity index (χ0) is 19.4. The first-order valence-electron chi connectivity index (χ1n) is 9.11. The average Bonchev–Trinajstić information content (AvgIpc) is 2.93. The van der Waals surface area contributed by atoms with E-state index in [0.29, 0.717) is 5.56 Å². The number of hydrogen-bond acceptors (Lipinski definition) is 2. The maximum atomic E-state index is 12.8. The van der Waals surface area contributed by atoms with E-state index in [9.17, 15) is 9.59 Å². The second kappa shape index (κ2) is 8.21. The standard InChI is InChI=1S/C21H29N3O2/c1-6-13(2)19(20(22)25)23-21(26)18-12-14(3)24(16(18)5)15(4)17-10-8-7-9-11-17/h7-13,15,19H,6H2,1-5H3,(H2,22,25)(H,23,26). The average molecular weight is 355 g/mol. The summed E-state index contributed by atoms with van der Waals surface area (Å²) >= 11 is 0. The van der Waals surface area contributed by atoms with Crippen LogP contribution in [0.5, 0.6) is 0 Å². The van der Waals surface area contributed by atoms with Gasteiger partial charge < -0.3 is 15.6 Å². The summed E-state index contributed by atoms with van der Waals surface area (Å²) in [5.41, 5.74) is 9.12. The number of benzene rings is 1. The number of amides is 2. The van der Waals surface area contributed by atoms with Crippen LogP contribution in [0.15, 0.2) is 36.4 Å². The van der Waals surface area contributed by atoms with Crippen molar-refractivity contribution in [3.8, 4) is 0 Å². The normalized spacial score (nSPS) is 14.5. The van der Waals surface area contributed by atoms with Crippen molar-refractivity contribution in [2.24, 2.45) is 11.7 Å². The zero-order valence-corrected chi connectivity index (χ0v) is 16.2.